The number of benzene rings is 2. The summed E-state index contributed by atoms with van der Waals surface area (Å²) in [5, 5.41) is 1.22. The fraction of sp³-hybridized carbons (Fsp3) is 0.250. The van der Waals surface area contributed by atoms with Crippen LogP contribution < -0.4 is 4.90 Å². The van der Waals surface area contributed by atoms with E-state index in [2.05, 4.69) is 36.2 Å². The van der Waals surface area contributed by atoms with Gasteiger partial charge >= 0.3 is 0 Å². The van der Waals surface area contributed by atoms with E-state index in [4.69, 9.17) is 0 Å². The van der Waals surface area contributed by atoms with Crippen LogP contribution in [-0.2, 0) is 17.6 Å². The van der Waals surface area contributed by atoms with Gasteiger partial charge in [-0.3, -0.25) is 4.79 Å². The molecule has 0 radical (unpaired) electrons. The molecule has 1 atom stereocenters. The second-order valence-corrected chi connectivity index (χ2v) is 6.31. The van der Waals surface area contributed by atoms with E-state index in [1.54, 1.807) is 0 Å². The molecule has 0 unspecified atom stereocenters. The van der Waals surface area contributed by atoms with Crippen LogP contribution in [-0.4, -0.2) is 16.9 Å². The van der Waals surface area contributed by atoms with Crippen LogP contribution in [0.25, 0.3) is 10.9 Å². The summed E-state index contributed by atoms with van der Waals surface area (Å²) in [5.74, 6) is 0.215. The molecule has 2 heterocycles. The number of rotatable bonds is 3. The van der Waals surface area contributed by atoms with Crippen LogP contribution in [0.4, 0.5) is 5.69 Å². The molecule has 3 nitrogen and oxygen atoms in total. The van der Waals surface area contributed by atoms with Gasteiger partial charge in [0.25, 0.3) is 0 Å². The smallest absolute Gasteiger partial charge is 0.227 e. The minimum absolute atomic E-state index is 0.215. The SMILES string of the molecule is C[C@H]1Cc2ccccc2N1C(=O)CCc1c[nH]c2ccccc12. The Morgan fingerprint density at radius 3 is 2.87 bits per heavy atom. The van der Waals surface area contributed by atoms with E-state index < -0.39 is 0 Å². The molecule has 1 aliphatic rings. The van der Waals surface area contributed by atoms with E-state index >= 15 is 0 Å². The lowest BCUT2D eigenvalue weighted by molar-refractivity contribution is -0.118. The highest BCUT2D eigenvalue weighted by Gasteiger charge is 2.30. The number of amides is 1. The van der Waals surface area contributed by atoms with Crippen molar-refractivity contribution in [2.45, 2.75) is 32.2 Å². The Morgan fingerprint density at radius 2 is 1.96 bits per heavy atom. The molecule has 0 spiro atoms. The van der Waals surface area contributed by atoms with Crippen LogP contribution in [0, 0.1) is 0 Å². The van der Waals surface area contributed by atoms with Gasteiger partial charge in [0, 0.05) is 35.2 Å². The van der Waals surface area contributed by atoms with Gasteiger partial charge in [-0.2, -0.15) is 0 Å². The minimum atomic E-state index is 0.215. The number of anilines is 1. The molecule has 116 valence electrons. The van der Waals surface area contributed by atoms with Crippen molar-refractivity contribution in [3.05, 3.63) is 65.9 Å². The monoisotopic (exact) mass is 304 g/mol. The number of hydrogen-bond donors (Lipinski definition) is 1. The van der Waals surface area contributed by atoms with Gasteiger partial charge < -0.3 is 9.88 Å². The minimum Gasteiger partial charge on any atom is -0.361 e. The zero-order valence-corrected chi connectivity index (χ0v) is 13.3. The maximum atomic E-state index is 12.8. The maximum absolute atomic E-state index is 12.8. The van der Waals surface area contributed by atoms with Gasteiger partial charge in [-0.25, -0.2) is 0 Å². The van der Waals surface area contributed by atoms with E-state index in [0.29, 0.717) is 6.42 Å². The van der Waals surface area contributed by atoms with E-state index in [0.717, 1.165) is 24.0 Å². The Hall–Kier alpha value is -2.55. The average Bonchev–Trinajstić information content (AvgIpc) is 3.12. The summed E-state index contributed by atoms with van der Waals surface area (Å²) in [4.78, 5) is 18.0. The van der Waals surface area contributed by atoms with Gasteiger partial charge in [0.1, 0.15) is 0 Å². The Kier molecular flexibility index (Phi) is 3.41. The summed E-state index contributed by atoms with van der Waals surface area (Å²) in [6.45, 7) is 2.13. The molecule has 1 N–H and O–H groups in total. The van der Waals surface area contributed by atoms with E-state index in [1.165, 1.54) is 16.5 Å². The Labute approximate surface area is 135 Å². The number of aromatic nitrogens is 1. The Balaban J connectivity index is 1.52. The lowest BCUT2D eigenvalue weighted by Gasteiger charge is -2.22. The van der Waals surface area contributed by atoms with Crippen LogP contribution in [0.1, 0.15) is 24.5 Å². The molecular formula is C20H20N2O. The lowest BCUT2D eigenvalue weighted by Crippen LogP contribution is -2.35. The number of nitrogens with zero attached hydrogens (tertiary/aromatic N) is 1. The van der Waals surface area contributed by atoms with E-state index in [1.807, 2.05) is 35.4 Å². The topological polar surface area (TPSA) is 36.1 Å². The van der Waals surface area contributed by atoms with Crippen LogP contribution in [0.2, 0.25) is 0 Å². The van der Waals surface area contributed by atoms with Gasteiger partial charge in [0.2, 0.25) is 5.91 Å². The molecule has 0 fully saturated rings. The summed E-state index contributed by atoms with van der Waals surface area (Å²) in [5.41, 5.74) is 4.72. The zero-order valence-electron chi connectivity index (χ0n) is 13.3. The highest BCUT2D eigenvalue weighted by Crippen LogP contribution is 2.32. The predicted octanol–water partition coefficient (Wildman–Crippen LogP) is 4.08. The number of aryl methyl sites for hydroxylation is 1. The third kappa shape index (κ3) is 2.42. The molecule has 2 aromatic carbocycles. The third-order valence-electron chi connectivity index (χ3n) is 4.76. The summed E-state index contributed by atoms with van der Waals surface area (Å²) in [7, 11) is 0. The molecule has 0 saturated heterocycles. The number of aromatic amines is 1. The fourth-order valence-electron chi connectivity index (χ4n) is 3.65. The van der Waals surface area contributed by atoms with Gasteiger partial charge in [-0.1, -0.05) is 36.4 Å². The number of H-pyrrole nitrogens is 1. The molecule has 1 aromatic heterocycles. The van der Waals surface area contributed by atoms with Crippen molar-refractivity contribution in [3.63, 3.8) is 0 Å². The number of carbonyl (C=O) groups excluding carboxylic acids is 1. The van der Waals surface area contributed by atoms with Crippen molar-refractivity contribution < 1.29 is 4.79 Å². The molecular weight excluding hydrogens is 284 g/mol. The highest BCUT2D eigenvalue weighted by atomic mass is 16.2. The summed E-state index contributed by atoms with van der Waals surface area (Å²) < 4.78 is 0. The van der Waals surface area contributed by atoms with Gasteiger partial charge in [0.05, 0.1) is 0 Å². The van der Waals surface area contributed by atoms with Crippen LogP contribution >= 0.6 is 0 Å². The second-order valence-electron chi connectivity index (χ2n) is 6.31. The average molecular weight is 304 g/mol. The number of carbonyl (C=O) groups is 1. The molecule has 1 amide bonds. The summed E-state index contributed by atoms with van der Waals surface area (Å²) >= 11 is 0. The standard InChI is InChI=1S/C20H20N2O/c1-14-12-15-6-2-5-9-19(15)22(14)20(23)11-10-16-13-21-18-8-4-3-7-17(16)18/h2-9,13-14,21H,10-12H2,1H3/t14-/m0/s1. The van der Waals surface area contributed by atoms with Crippen molar-refractivity contribution >= 4 is 22.5 Å². The van der Waals surface area contributed by atoms with Crippen LogP contribution in [0.15, 0.2) is 54.7 Å². The summed E-state index contributed by atoms with van der Waals surface area (Å²) in [6.07, 6.45) is 4.29. The number of fused-ring (bicyclic) bond motifs is 2. The fourth-order valence-corrected chi connectivity index (χ4v) is 3.65. The number of nitrogens with one attached hydrogen (secondary N) is 1. The molecule has 1 aliphatic heterocycles. The molecule has 0 aliphatic carbocycles. The van der Waals surface area contributed by atoms with Crippen molar-refractivity contribution in [1.82, 2.24) is 4.98 Å². The van der Waals surface area contributed by atoms with E-state index in [-0.39, 0.29) is 11.9 Å². The first-order chi connectivity index (χ1) is 11.2. The lowest BCUT2D eigenvalue weighted by atomic mass is 10.1. The van der Waals surface area contributed by atoms with Gasteiger partial charge in [-0.15, -0.1) is 0 Å². The van der Waals surface area contributed by atoms with Gasteiger partial charge in [0.15, 0.2) is 0 Å². The van der Waals surface area contributed by atoms with Gasteiger partial charge in [-0.05, 0) is 43.0 Å². The zero-order chi connectivity index (χ0) is 15.8. The Bertz CT molecular complexity index is 865. The second kappa shape index (κ2) is 5.58. The van der Waals surface area contributed by atoms with E-state index in [9.17, 15) is 4.79 Å². The quantitative estimate of drug-likeness (QED) is 0.777. The number of hydrogen-bond acceptors (Lipinski definition) is 1. The van der Waals surface area contributed by atoms with Crippen molar-refractivity contribution in [2.24, 2.45) is 0 Å². The van der Waals surface area contributed by atoms with Crippen molar-refractivity contribution in [1.29, 1.82) is 0 Å². The predicted molar refractivity (Wildman–Crippen MR) is 93.7 cm³/mol. The maximum Gasteiger partial charge on any atom is 0.227 e. The molecule has 4 rings (SSSR count). The molecule has 23 heavy (non-hydrogen) atoms. The third-order valence-corrected chi connectivity index (χ3v) is 4.76. The molecule has 3 heteroatoms. The van der Waals surface area contributed by atoms with Crippen molar-refractivity contribution in [3.8, 4) is 0 Å². The Morgan fingerprint density at radius 1 is 1.17 bits per heavy atom. The first kappa shape index (κ1) is 14.1. The summed E-state index contributed by atoms with van der Waals surface area (Å²) in [6, 6.07) is 16.7. The molecule has 0 bridgehead atoms. The first-order valence-corrected chi connectivity index (χ1v) is 8.19. The molecule has 0 saturated carbocycles. The highest BCUT2D eigenvalue weighted by molar-refractivity contribution is 5.96. The normalized spacial score (nSPS) is 16.7. The number of para-hydroxylation sites is 2. The first-order valence-electron chi connectivity index (χ1n) is 8.19. The molecule has 3 aromatic rings. The van der Waals surface area contributed by atoms with Crippen LogP contribution in [0.3, 0.4) is 0 Å². The van der Waals surface area contributed by atoms with Crippen LogP contribution in [0.5, 0.6) is 0 Å². The largest absolute Gasteiger partial charge is 0.361 e. The van der Waals surface area contributed by atoms with Crippen molar-refractivity contribution in [2.75, 3.05) is 4.90 Å².